The zero-order valence-electron chi connectivity index (χ0n) is 11.2. The van der Waals surface area contributed by atoms with Gasteiger partial charge < -0.3 is 5.73 Å². The Labute approximate surface area is 132 Å². The van der Waals surface area contributed by atoms with E-state index in [1.165, 1.54) is 0 Å². The lowest BCUT2D eigenvalue weighted by Gasteiger charge is -2.30. The van der Waals surface area contributed by atoms with Crippen molar-refractivity contribution < 1.29 is 0 Å². The highest BCUT2D eigenvalue weighted by molar-refractivity contribution is 7.99. The van der Waals surface area contributed by atoms with Gasteiger partial charge in [0.05, 0.1) is 5.52 Å². The van der Waals surface area contributed by atoms with Gasteiger partial charge in [-0.05, 0) is 31.2 Å². The molecule has 2 aromatic rings. The number of nitrogens with two attached hydrogens (primary N) is 2. The van der Waals surface area contributed by atoms with Crippen molar-refractivity contribution in [3.63, 3.8) is 0 Å². The van der Waals surface area contributed by atoms with E-state index in [4.69, 9.17) is 11.5 Å². The minimum Gasteiger partial charge on any atom is -0.398 e. The fourth-order valence-corrected chi connectivity index (χ4v) is 2.88. The Kier molecular flexibility index (Phi) is 3.52. The number of pyridine rings is 1. The molecule has 21 heavy (non-hydrogen) atoms. The summed E-state index contributed by atoms with van der Waals surface area (Å²) >= 11 is 8.44. The Morgan fingerprint density at radius 2 is 2.00 bits per heavy atom. The van der Waals surface area contributed by atoms with E-state index >= 15 is 0 Å². The van der Waals surface area contributed by atoms with Crippen LogP contribution in [0.3, 0.4) is 0 Å². The minimum absolute atomic E-state index is 0.307. The van der Waals surface area contributed by atoms with Crippen LogP contribution in [0.1, 0.15) is 5.69 Å². The molecule has 1 aromatic carbocycles. The summed E-state index contributed by atoms with van der Waals surface area (Å²) < 4.78 is 0. The zero-order chi connectivity index (χ0) is 15.1. The van der Waals surface area contributed by atoms with E-state index in [1.807, 2.05) is 31.2 Å². The number of hydrogen-bond acceptors (Lipinski definition) is 6. The normalized spacial score (nSPS) is 18.7. The molecule has 1 unspecified atom stereocenters. The lowest BCUT2D eigenvalue weighted by molar-refractivity contribution is 0.732. The van der Waals surface area contributed by atoms with Crippen LogP contribution in [0, 0.1) is 6.92 Å². The Balaban J connectivity index is 2.12. The third kappa shape index (κ3) is 2.57. The molecule has 2 heterocycles. The van der Waals surface area contributed by atoms with Crippen LogP contribution in [-0.4, -0.2) is 21.6 Å². The van der Waals surface area contributed by atoms with Crippen LogP contribution in [0.4, 0.5) is 11.4 Å². The van der Waals surface area contributed by atoms with E-state index in [0.29, 0.717) is 16.0 Å². The van der Waals surface area contributed by atoms with Crippen LogP contribution in [-0.2, 0) is 0 Å². The topological polar surface area (TPSA) is 92.9 Å². The molecule has 0 spiro atoms. The quantitative estimate of drug-likeness (QED) is 0.603. The number of fused-ring (bicyclic) bond motifs is 1. The number of hydrogen-bond donors (Lipinski definition) is 4. The molecule has 8 heteroatoms. The molecule has 0 radical (unpaired) electrons. The molecule has 1 aliphatic rings. The SMILES string of the molecule is Cc1cc(N)c2cc(N3C(S)=NC(S)=NC3N)ccc2n1. The molecule has 6 nitrogen and oxygen atoms in total. The summed E-state index contributed by atoms with van der Waals surface area (Å²) in [4.78, 5) is 14.4. The van der Waals surface area contributed by atoms with Gasteiger partial charge in [0.2, 0.25) is 0 Å². The van der Waals surface area contributed by atoms with Crippen LogP contribution in [0.25, 0.3) is 10.9 Å². The Morgan fingerprint density at radius 3 is 2.71 bits per heavy atom. The number of aliphatic imine (C=N–C) groups is 2. The number of aryl methyl sites for hydroxylation is 1. The molecule has 0 amide bonds. The van der Waals surface area contributed by atoms with Crippen molar-refractivity contribution in [2.24, 2.45) is 15.7 Å². The van der Waals surface area contributed by atoms with Gasteiger partial charge in [0.25, 0.3) is 0 Å². The van der Waals surface area contributed by atoms with Crippen LogP contribution >= 0.6 is 25.3 Å². The summed E-state index contributed by atoms with van der Waals surface area (Å²) in [6.45, 7) is 1.91. The average Bonchev–Trinajstić information content (AvgIpc) is 2.38. The van der Waals surface area contributed by atoms with Gasteiger partial charge in [-0.2, -0.15) is 4.99 Å². The van der Waals surface area contributed by atoms with E-state index in [1.54, 1.807) is 4.90 Å². The molecular formula is C13H14N6S2. The number of thiol groups is 2. The summed E-state index contributed by atoms with van der Waals surface area (Å²) in [5, 5.41) is 1.59. The summed E-state index contributed by atoms with van der Waals surface area (Å²) in [6, 6.07) is 7.52. The van der Waals surface area contributed by atoms with Gasteiger partial charge >= 0.3 is 0 Å². The summed E-state index contributed by atoms with van der Waals surface area (Å²) in [5.41, 5.74) is 15.3. The third-order valence-electron chi connectivity index (χ3n) is 3.16. The van der Waals surface area contributed by atoms with Crippen molar-refractivity contribution in [1.82, 2.24) is 4.98 Å². The van der Waals surface area contributed by atoms with Crippen molar-refractivity contribution in [3.8, 4) is 0 Å². The predicted octanol–water partition coefficient (Wildman–Crippen LogP) is 1.76. The molecule has 108 valence electrons. The largest absolute Gasteiger partial charge is 0.398 e. The third-order valence-corrected chi connectivity index (χ3v) is 3.69. The number of benzene rings is 1. The summed E-state index contributed by atoms with van der Waals surface area (Å²) in [7, 11) is 0. The first kappa shape index (κ1) is 14.2. The van der Waals surface area contributed by atoms with Gasteiger partial charge in [-0.3, -0.25) is 15.6 Å². The standard InChI is InChI=1S/C13H14N6S2/c1-6-4-9(14)8-5-7(2-3-10(8)16-6)19-11(15)17-12(20)18-13(19)21/h2-5,11H,15H2,1H3,(H2,14,16)(H2,17,18,20,21). The lowest BCUT2D eigenvalue weighted by Crippen LogP contribution is -2.45. The van der Waals surface area contributed by atoms with Crippen LogP contribution in [0.15, 0.2) is 34.3 Å². The molecule has 0 bridgehead atoms. The van der Waals surface area contributed by atoms with Gasteiger partial charge in [0.15, 0.2) is 16.6 Å². The molecule has 0 fully saturated rings. The number of aromatic nitrogens is 1. The van der Waals surface area contributed by atoms with E-state index in [-0.39, 0.29) is 0 Å². The number of amidine groups is 2. The number of anilines is 2. The number of nitrogens with zero attached hydrogens (tertiary/aromatic N) is 4. The maximum atomic E-state index is 6.07. The fraction of sp³-hybridized carbons (Fsp3) is 0.154. The maximum absolute atomic E-state index is 6.07. The van der Waals surface area contributed by atoms with Gasteiger partial charge in [0.1, 0.15) is 0 Å². The molecule has 0 aliphatic carbocycles. The molecule has 4 N–H and O–H groups in total. The van der Waals surface area contributed by atoms with Crippen LogP contribution in [0.5, 0.6) is 0 Å². The molecule has 0 saturated carbocycles. The number of nitrogen functional groups attached to an aromatic ring is 1. The van der Waals surface area contributed by atoms with Crippen LogP contribution in [0.2, 0.25) is 0 Å². The van der Waals surface area contributed by atoms with Crippen molar-refractivity contribution in [2.75, 3.05) is 10.6 Å². The van der Waals surface area contributed by atoms with Crippen molar-refractivity contribution in [1.29, 1.82) is 0 Å². The molecule has 0 saturated heterocycles. The maximum Gasteiger partial charge on any atom is 0.185 e. The lowest BCUT2D eigenvalue weighted by atomic mass is 10.1. The minimum atomic E-state index is -0.625. The molecule has 1 atom stereocenters. The van der Waals surface area contributed by atoms with Gasteiger partial charge in [0, 0.05) is 22.5 Å². The second-order valence-electron chi connectivity index (χ2n) is 4.68. The average molecular weight is 318 g/mol. The molecule has 1 aromatic heterocycles. The highest BCUT2D eigenvalue weighted by atomic mass is 32.1. The molecule has 3 rings (SSSR count). The molecule has 1 aliphatic heterocycles. The van der Waals surface area contributed by atoms with E-state index in [0.717, 1.165) is 22.3 Å². The molecular weight excluding hydrogens is 304 g/mol. The highest BCUT2D eigenvalue weighted by Crippen LogP contribution is 2.28. The smallest absolute Gasteiger partial charge is 0.185 e. The van der Waals surface area contributed by atoms with Gasteiger partial charge in [-0.15, -0.1) is 25.3 Å². The predicted molar refractivity (Wildman–Crippen MR) is 94.2 cm³/mol. The highest BCUT2D eigenvalue weighted by Gasteiger charge is 2.22. The van der Waals surface area contributed by atoms with Crippen molar-refractivity contribution >= 4 is 57.9 Å². The number of rotatable bonds is 1. The van der Waals surface area contributed by atoms with Crippen molar-refractivity contribution in [2.45, 2.75) is 13.2 Å². The van der Waals surface area contributed by atoms with E-state index in [2.05, 4.69) is 40.2 Å². The van der Waals surface area contributed by atoms with Crippen LogP contribution < -0.4 is 16.4 Å². The van der Waals surface area contributed by atoms with Crippen molar-refractivity contribution in [3.05, 3.63) is 30.0 Å². The van der Waals surface area contributed by atoms with E-state index in [9.17, 15) is 0 Å². The van der Waals surface area contributed by atoms with Gasteiger partial charge in [-0.1, -0.05) is 0 Å². The second-order valence-corrected chi connectivity index (χ2v) is 5.48. The second kappa shape index (κ2) is 5.21. The summed E-state index contributed by atoms with van der Waals surface area (Å²) in [5.74, 6) is 0. The van der Waals surface area contributed by atoms with E-state index < -0.39 is 6.29 Å². The monoisotopic (exact) mass is 318 g/mol. The Morgan fingerprint density at radius 1 is 1.24 bits per heavy atom. The first-order valence-corrected chi connectivity index (χ1v) is 7.11. The first-order chi connectivity index (χ1) is 9.95. The van der Waals surface area contributed by atoms with Gasteiger partial charge in [-0.25, -0.2) is 4.99 Å². The Bertz CT molecular complexity index is 786. The fourth-order valence-electron chi connectivity index (χ4n) is 2.26. The zero-order valence-corrected chi connectivity index (χ0v) is 13.0. The summed E-state index contributed by atoms with van der Waals surface area (Å²) in [6.07, 6.45) is -0.625. The Hall–Kier alpha value is -1.77. The first-order valence-electron chi connectivity index (χ1n) is 6.22.